The maximum atomic E-state index is 10.7. The average molecular weight is 251 g/mol. The zero-order valence-corrected chi connectivity index (χ0v) is 10.8. The van der Waals surface area contributed by atoms with E-state index in [0.717, 1.165) is 31.4 Å². The molecule has 0 saturated carbocycles. The molecule has 0 aromatic heterocycles. The van der Waals surface area contributed by atoms with Crippen molar-refractivity contribution < 1.29 is 4.92 Å². The zero-order valence-electron chi connectivity index (χ0n) is 10.8. The highest BCUT2D eigenvalue weighted by molar-refractivity contribution is 5.35. The van der Waals surface area contributed by atoms with Crippen LogP contribution in [0.15, 0.2) is 24.3 Å². The molecule has 1 atom stereocenters. The first-order valence-electron chi connectivity index (χ1n) is 6.36. The Labute approximate surface area is 108 Å². The summed E-state index contributed by atoms with van der Waals surface area (Å²) < 4.78 is 0. The number of non-ortho nitro benzene ring substituents is 1. The SMILES string of the molecule is CCC(NCCCCN)c1cccc([N+](=O)[O-])c1. The number of nitrogens with zero attached hydrogens (tertiary/aromatic N) is 1. The van der Waals surface area contributed by atoms with Crippen LogP contribution in [0.5, 0.6) is 0 Å². The summed E-state index contributed by atoms with van der Waals surface area (Å²) in [6.45, 7) is 3.66. The normalized spacial score (nSPS) is 12.3. The van der Waals surface area contributed by atoms with Gasteiger partial charge in [-0.1, -0.05) is 19.1 Å². The van der Waals surface area contributed by atoms with Crippen molar-refractivity contribution in [3.05, 3.63) is 39.9 Å². The van der Waals surface area contributed by atoms with Gasteiger partial charge >= 0.3 is 0 Å². The Morgan fingerprint density at radius 3 is 2.83 bits per heavy atom. The summed E-state index contributed by atoms with van der Waals surface area (Å²) in [5, 5.41) is 14.1. The zero-order chi connectivity index (χ0) is 13.4. The van der Waals surface area contributed by atoms with Crippen molar-refractivity contribution in [2.75, 3.05) is 13.1 Å². The smallest absolute Gasteiger partial charge is 0.269 e. The molecular formula is C13H21N3O2. The Hall–Kier alpha value is -1.46. The summed E-state index contributed by atoms with van der Waals surface area (Å²) in [4.78, 5) is 10.4. The van der Waals surface area contributed by atoms with Gasteiger partial charge in [0.25, 0.3) is 5.69 Å². The van der Waals surface area contributed by atoms with E-state index in [2.05, 4.69) is 12.2 Å². The van der Waals surface area contributed by atoms with Crippen molar-refractivity contribution in [2.45, 2.75) is 32.2 Å². The van der Waals surface area contributed by atoms with Crippen molar-refractivity contribution >= 4 is 5.69 Å². The molecule has 0 aliphatic carbocycles. The molecule has 0 aliphatic rings. The van der Waals surface area contributed by atoms with Crippen LogP contribution < -0.4 is 11.1 Å². The first-order valence-corrected chi connectivity index (χ1v) is 6.36. The monoisotopic (exact) mass is 251 g/mol. The fourth-order valence-corrected chi connectivity index (χ4v) is 1.90. The number of benzene rings is 1. The minimum absolute atomic E-state index is 0.148. The summed E-state index contributed by atoms with van der Waals surface area (Å²) in [6, 6.07) is 6.99. The maximum Gasteiger partial charge on any atom is 0.269 e. The molecule has 0 aliphatic heterocycles. The quantitative estimate of drug-likeness (QED) is 0.422. The van der Waals surface area contributed by atoms with Crippen LogP contribution in [0.25, 0.3) is 0 Å². The first-order chi connectivity index (χ1) is 8.69. The molecule has 0 spiro atoms. The predicted octanol–water partition coefficient (Wildman–Crippen LogP) is 2.37. The van der Waals surface area contributed by atoms with Crippen LogP contribution in [-0.4, -0.2) is 18.0 Å². The molecule has 0 fully saturated rings. The van der Waals surface area contributed by atoms with Gasteiger partial charge in [0, 0.05) is 18.2 Å². The molecule has 0 bridgehead atoms. The molecule has 18 heavy (non-hydrogen) atoms. The van der Waals surface area contributed by atoms with Crippen LogP contribution in [0.4, 0.5) is 5.69 Å². The van der Waals surface area contributed by atoms with Gasteiger partial charge in [-0.3, -0.25) is 10.1 Å². The van der Waals surface area contributed by atoms with Gasteiger partial charge < -0.3 is 11.1 Å². The fourth-order valence-electron chi connectivity index (χ4n) is 1.90. The molecule has 1 aromatic carbocycles. The summed E-state index contributed by atoms with van der Waals surface area (Å²) in [5.74, 6) is 0. The number of hydrogen-bond donors (Lipinski definition) is 2. The minimum atomic E-state index is -0.357. The molecule has 1 rings (SSSR count). The molecule has 1 unspecified atom stereocenters. The van der Waals surface area contributed by atoms with Gasteiger partial charge in [0.05, 0.1) is 4.92 Å². The van der Waals surface area contributed by atoms with E-state index >= 15 is 0 Å². The Morgan fingerprint density at radius 2 is 2.22 bits per heavy atom. The van der Waals surface area contributed by atoms with Gasteiger partial charge in [0.2, 0.25) is 0 Å². The van der Waals surface area contributed by atoms with E-state index in [4.69, 9.17) is 5.73 Å². The van der Waals surface area contributed by atoms with Crippen LogP contribution >= 0.6 is 0 Å². The van der Waals surface area contributed by atoms with E-state index in [1.807, 2.05) is 6.07 Å². The predicted molar refractivity (Wildman–Crippen MR) is 72.4 cm³/mol. The van der Waals surface area contributed by atoms with Crippen molar-refractivity contribution in [3.8, 4) is 0 Å². The van der Waals surface area contributed by atoms with Crippen LogP contribution in [0.1, 0.15) is 37.8 Å². The van der Waals surface area contributed by atoms with Crippen molar-refractivity contribution in [1.29, 1.82) is 0 Å². The third-order valence-electron chi connectivity index (χ3n) is 2.91. The van der Waals surface area contributed by atoms with Crippen molar-refractivity contribution in [2.24, 2.45) is 5.73 Å². The highest BCUT2D eigenvalue weighted by atomic mass is 16.6. The molecule has 0 radical (unpaired) electrons. The standard InChI is InChI=1S/C13H21N3O2/c1-2-13(15-9-4-3-8-14)11-6-5-7-12(10-11)16(17)18/h5-7,10,13,15H,2-4,8-9,14H2,1H3. The third kappa shape index (κ3) is 4.43. The number of nitrogens with one attached hydrogen (secondary N) is 1. The Kier molecular flexibility index (Phi) is 6.32. The average Bonchev–Trinajstić information content (AvgIpc) is 2.39. The number of nitrogens with two attached hydrogens (primary N) is 1. The number of nitro benzene ring substituents is 1. The van der Waals surface area contributed by atoms with Crippen LogP contribution in [-0.2, 0) is 0 Å². The molecule has 5 heteroatoms. The van der Waals surface area contributed by atoms with Crippen LogP contribution in [0.3, 0.4) is 0 Å². The second kappa shape index (κ2) is 7.79. The number of rotatable bonds is 8. The number of nitro groups is 1. The molecule has 0 amide bonds. The van der Waals surface area contributed by atoms with Gasteiger partial charge in [-0.05, 0) is 37.9 Å². The van der Waals surface area contributed by atoms with E-state index in [0.29, 0.717) is 6.54 Å². The molecule has 3 N–H and O–H groups in total. The van der Waals surface area contributed by atoms with E-state index in [1.165, 1.54) is 6.07 Å². The summed E-state index contributed by atoms with van der Waals surface area (Å²) in [6.07, 6.45) is 2.93. The van der Waals surface area contributed by atoms with Gasteiger partial charge in [-0.25, -0.2) is 0 Å². The summed E-state index contributed by atoms with van der Waals surface area (Å²) >= 11 is 0. The molecule has 5 nitrogen and oxygen atoms in total. The lowest BCUT2D eigenvalue weighted by atomic mass is 10.0. The van der Waals surface area contributed by atoms with E-state index in [-0.39, 0.29) is 16.7 Å². The second-order valence-corrected chi connectivity index (χ2v) is 4.26. The van der Waals surface area contributed by atoms with Gasteiger partial charge in [0.15, 0.2) is 0 Å². The number of unbranched alkanes of at least 4 members (excludes halogenated alkanes) is 1. The van der Waals surface area contributed by atoms with E-state index in [1.54, 1.807) is 12.1 Å². The first kappa shape index (κ1) is 14.6. The van der Waals surface area contributed by atoms with Gasteiger partial charge in [-0.15, -0.1) is 0 Å². The molecule has 0 saturated heterocycles. The Morgan fingerprint density at radius 1 is 1.44 bits per heavy atom. The second-order valence-electron chi connectivity index (χ2n) is 4.26. The highest BCUT2D eigenvalue weighted by Gasteiger charge is 2.12. The molecule has 1 aromatic rings. The van der Waals surface area contributed by atoms with Crippen LogP contribution in [0, 0.1) is 10.1 Å². The fraction of sp³-hybridized carbons (Fsp3) is 0.538. The molecule has 0 heterocycles. The lowest BCUT2D eigenvalue weighted by molar-refractivity contribution is -0.384. The molecule has 100 valence electrons. The van der Waals surface area contributed by atoms with E-state index < -0.39 is 0 Å². The Bertz CT molecular complexity index is 382. The van der Waals surface area contributed by atoms with Gasteiger partial charge in [0.1, 0.15) is 0 Å². The summed E-state index contributed by atoms with van der Waals surface area (Å²) in [5.41, 5.74) is 6.56. The highest BCUT2D eigenvalue weighted by Crippen LogP contribution is 2.21. The number of hydrogen-bond acceptors (Lipinski definition) is 4. The Balaban J connectivity index is 2.63. The third-order valence-corrected chi connectivity index (χ3v) is 2.91. The van der Waals surface area contributed by atoms with Crippen molar-refractivity contribution in [3.63, 3.8) is 0 Å². The van der Waals surface area contributed by atoms with Crippen LogP contribution in [0.2, 0.25) is 0 Å². The lowest BCUT2D eigenvalue weighted by Crippen LogP contribution is -2.22. The van der Waals surface area contributed by atoms with Gasteiger partial charge in [-0.2, -0.15) is 0 Å². The summed E-state index contributed by atoms with van der Waals surface area (Å²) in [7, 11) is 0. The molecular weight excluding hydrogens is 230 g/mol. The van der Waals surface area contributed by atoms with Crippen molar-refractivity contribution in [1.82, 2.24) is 5.32 Å². The largest absolute Gasteiger partial charge is 0.330 e. The minimum Gasteiger partial charge on any atom is -0.330 e. The van der Waals surface area contributed by atoms with E-state index in [9.17, 15) is 10.1 Å². The topological polar surface area (TPSA) is 81.2 Å². The maximum absolute atomic E-state index is 10.7. The lowest BCUT2D eigenvalue weighted by Gasteiger charge is -2.17.